The van der Waals surface area contributed by atoms with Gasteiger partial charge in [-0.25, -0.2) is 4.79 Å². The lowest BCUT2D eigenvalue weighted by Gasteiger charge is -2.20. The molecule has 0 radical (unpaired) electrons. The zero-order valence-electron chi connectivity index (χ0n) is 7.88. The molecule has 1 amide bonds. The van der Waals surface area contributed by atoms with Gasteiger partial charge in [0.1, 0.15) is 5.54 Å². The van der Waals surface area contributed by atoms with E-state index < -0.39 is 11.6 Å². The number of nitrogens with one attached hydrogen (secondary N) is 1. The molecular weight excluding hydrogens is 180 g/mol. The highest BCUT2D eigenvalue weighted by atomic mass is 16.5. The zero-order valence-corrected chi connectivity index (χ0v) is 7.88. The van der Waals surface area contributed by atoms with Crippen molar-refractivity contribution < 1.29 is 9.53 Å². The molecular formula is C10H12N2O2. The van der Waals surface area contributed by atoms with Crippen LogP contribution in [0.5, 0.6) is 0 Å². The maximum atomic E-state index is 11.1. The average Bonchev–Trinajstić information content (AvgIpc) is 2.64. The molecule has 0 aromatic rings. The highest BCUT2D eigenvalue weighted by Gasteiger charge is 2.35. The molecule has 4 nitrogen and oxygen atoms in total. The highest BCUT2D eigenvalue weighted by molar-refractivity contribution is 5.69. The minimum atomic E-state index is -0.730. The topological polar surface area (TPSA) is 62.1 Å². The van der Waals surface area contributed by atoms with Crippen molar-refractivity contribution in [3.63, 3.8) is 0 Å². The van der Waals surface area contributed by atoms with Gasteiger partial charge in [-0.05, 0) is 25.7 Å². The minimum absolute atomic E-state index is 0.0622. The predicted octanol–water partition coefficient (Wildman–Crippen LogP) is 1.18. The summed E-state index contributed by atoms with van der Waals surface area (Å²) in [5.41, 5.74) is -0.730. The summed E-state index contributed by atoms with van der Waals surface area (Å²) in [5.74, 6) is 2.19. The number of hydrogen-bond acceptors (Lipinski definition) is 3. The van der Waals surface area contributed by atoms with E-state index in [-0.39, 0.29) is 6.61 Å². The first-order valence-corrected chi connectivity index (χ1v) is 4.52. The van der Waals surface area contributed by atoms with Crippen LogP contribution in [0.2, 0.25) is 0 Å². The first-order chi connectivity index (χ1) is 6.72. The van der Waals surface area contributed by atoms with Crippen molar-refractivity contribution in [2.75, 3.05) is 6.61 Å². The zero-order chi connectivity index (χ0) is 10.4. The summed E-state index contributed by atoms with van der Waals surface area (Å²) in [5, 5.41) is 11.5. The summed E-state index contributed by atoms with van der Waals surface area (Å²) in [4.78, 5) is 11.1. The normalized spacial score (nSPS) is 17.9. The molecule has 0 aromatic carbocycles. The fraction of sp³-hybridized carbons (Fsp3) is 0.600. The van der Waals surface area contributed by atoms with Crippen LogP contribution < -0.4 is 5.32 Å². The number of terminal acetylenes is 1. The van der Waals surface area contributed by atoms with Gasteiger partial charge in [0.15, 0.2) is 6.61 Å². The van der Waals surface area contributed by atoms with E-state index in [1.165, 1.54) is 0 Å². The average molecular weight is 192 g/mol. The Hall–Kier alpha value is -1.68. The molecule has 14 heavy (non-hydrogen) atoms. The van der Waals surface area contributed by atoms with Gasteiger partial charge in [-0.1, -0.05) is 5.92 Å². The fourth-order valence-electron chi connectivity index (χ4n) is 1.58. The molecule has 1 fully saturated rings. The molecule has 0 atom stereocenters. The minimum Gasteiger partial charge on any atom is -0.436 e. The number of nitriles is 1. The Morgan fingerprint density at radius 2 is 2.21 bits per heavy atom. The SMILES string of the molecule is C#CCOC(=O)NC1(C#N)CCCC1. The lowest BCUT2D eigenvalue weighted by atomic mass is 10.0. The second-order valence-electron chi connectivity index (χ2n) is 3.31. The smallest absolute Gasteiger partial charge is 0.409 e. The Morgan fingerprint density at radius 1 is 1.57 bits per heavy atom. The van der Waals surface area contributed by atoms with Crippen LogP contribution >= 0.6 is 0 Å². The Labute approximate surface area is 83.2 Å². The third-order valence-corrected chi connectivity index (χ3v) is 2.30. The quantitative estimate of drug-likeness (QED) is 0.668. The van der Waals surface area contributed by atoms with Crippen LogP contribution in [0, 0.1) is 23.7 Å². The number of carbonyl (C=O) groups excluding carboxylic acids is 1. The van der Waals surface area contributed by atoms with E-state index in [2.05, 4.69) is 22.0 Å². The van der Waals surface area contributed by atoms with Crippen LogP contribution in [0.15, 0.2) is 0 Å². The van der Waals surface area contributed by atoms with Crippen LogP contribution in [0.25, 0.3) is 0 Å². The van der Waals surface area contributed by atoms with Crippen molar-refractivity contribution in [3.05, 3.63) is 0 Å². The Bertz CT molecular complexity index is 292. The Morgan fingerprint density at radius 3 is 2.71 bits per heavy atom. The van der Waals surface area contributed by atoms with Gasteiger partial charge in [0.2, 0.25) is 0 Å². The fourth-order valence-corrected chi connectivity index (χ4v) is 1.58. The van der Waals surface area contributed by atoms with Crippen molar-refractivity contribution in [1.29, 1.82) is 5.26 Å². The molecule has 1 aliphatic rings. The number of amides is 1. The van der Waals surface area contributed by atoms with Gasteiger partial charge >= 0.3 is 6.09 Å². The molecule has 1 saturated carbocycles. The molecule has 0 bridgehead atoms. The summed E-state index contributed by atoms with van der Waals surface area (Å²) in [6, 6.07) is 2.12. The number of hydrogen-bond donors (Lipinski definition) is 1. The molecule has 0 aliphatic heterocycles. The third-order valence-electron chi connectivity index (χ3n) is 2.30. The third kappa shape index (κ3) is 2.40. The van der Waals surface area contributed by atoms with E-state index in [0.717, 1.165) is 12.8 Å². The largest absolute Gasteiger partial charge is 0.436 e. The molecule has 0 unspecified atom stereocenters. The number of ether oxygens (including phenoxy) is 1. The number of carbonyl (C=O) groups is 1. The van der Waals surface area contributed by atoms with Crippen LogP contribution in [-0.4, -0.2) is 18.2 Å². The van der Waals surface area contributed by atoms with Crippen LogP contribution in [-0.2, 0) is 4.74 Å². The van der Waals surface area contributed by atoms with Gasteiger partial charge in [0.05, 0.1) is 6.07 Å². The Balaban J connectivity index is 2.46. The second kappa shape index (κ2) is 4.53. The van der Waals surface area contributed by atoms with Gasteiger partial charge in [0, 0.05) is 0 Å². The number of alkyl carbamates (subject to hydrolysis) is 1. The van der Waals surface area contributed by atoms with Crippen molar-refractivity contribution in [1.82, 2.24) is 5.32 Å². The van der Waals surface area contributed by atoms with Gasteiger partial charge < -0.3 is 10.1 Å². The first kappa shape index (κ1) is 10.4. The highest BCUT2D eigenvalue weighted by Crippen LogP contribution is 2.28. The van der Waals surface area contributed by atoms with E-state index in [0.29, 0.717) is 12.8 Å². The maximum Gasteiger partial charge on any atom is 0.409 e. The first-order valence-electron chi connectivity index (χ1n) is 4.52. The van der Waals surface area contributed by atoms with E-state index >= 15 is 0 Å². The van der Waals surface area contributed by atoms with Crippen LogP contribution in [0.4, 0.5) is 4.79 Å². The second-order valence-corrected chi connectivity index (χ2v) is 3.31. The molecule has 1 N–H and O–H groups in total. The maximum absolute atomic E-state index is 11.1. The van der Waals surface area contributed by atoms with Gasteiger partial charge in [-0.2, -0.15) is 5.26 Å². The van der Waals surface area contributed by atoms with Crippen molar-refractivity contribution in [2.45, 2.75) is 31.2 Å². The number of nitrogens with zero attached hydrogens (tertiary/aromatic N) is 1. The number of rotatable bonds is 2. The molecule has 0 heterocycles. The molecule has 4 heteroatoms. The van der Waals surface area contributed by atoms with E-state index in [9.17, 15) is 4.79 Å². The summed E-state index contributed by atoms with van der Waals surface area (Å²) >= 11 is 0. The van der Waals surface area contributed by atoms with Crippen molar-refractivity contribution >= 4 is 6.09 Å². The molecule has 1 rings (SSSR count). The lowest BCUT2D eigenvalue weighted by molar-refractivity contribution is 0.151. The molecule has 0 spiro atoms. The van der Waals surface area contributed by atoms with Crippen LogP contribution in [0.1, 0.15) is 25.7 Å². The molecule has 1 aliphatic carbocycles. The monoisotopic (exact) mass is 192 g/mol. The van der Waals surface area contributed by atoms with E-state index in [4.69, 9.17) is 11.7 Å². The Kier molecular flexibility index (Phi) is 3.36. The van der Waals surface area contributed by atoms with Crippen LogP contribution in [0.3, 0.4) is 0 Å². The van der Waals surface area contributed by atoms with E-state index in [1.54, 1.807) is 0 Å². The van der Waals surface area contributed by atoms with Crippen molar-refractivity contribution in [3.8, 4) is 18.4 Å². The van der Waals surface area contributed by atoms with Gasteiger partial charge in [-0.15, -0.1) is 6.42 Å². The molecule has 0 saturated heterocycles. The summed E-state index contributed by atoms with van der Waals surface area (Å²) < 4.78 is 4.64. The lowest BCUT2D eigenvalue weighted by Crippen LogP contribution is -2.45. The summed E-state index contributed by atoms with van der Waals surface area (Å²) in [7, 11) is 0. The van der Waals surface area contributed by atoms with Gasteiger partial charge in [-0.3, -0.25) is 0 Å². The predicted molar refractivity (Wildman–Crippen MR) is 50.1 cm³/mol. The molecule has 0 aromatic heterocycles. The van der Waals surface area contributed by atoms with E-state index in [1.807, 2.05) is 0 Å². The van der Waals surface area contributed by atoms with Gasteiger partial charge in [0.25, 0.3) is 0 Å². The summed E-state index contributed by atoms with van der Waals surface area (Å²) in [6.07, 6.45) is 7.63. The van der Waals surface area contributed by atoms with Crippen molar-refractivity contribution in [2.24, 2.45) is 0 Å². The molecule has 74 valence electrons. The standard InChI is InChI=1S/C10H12N2O2/c1-2-7-14-9(13)12-10(8-11)5-3-4-6-10/h1H,3-7H2,(H,12,13). The summed E-state index contributed by atoms with van der Waals surface area (Å²) in [6.45, 7) is -0.0622.